The molecular weight excluding hydrogens is 534 g/mol. The SMILES string of the molecule is CC(O)C(NC(=O)C(N)Cc1ccc(O)cc1)C(=O)NC(C(=O)NC(Cc1c[nH]c2ccccc12)C(=O)O)C(C)O. The highest BCUT2D eigenvalue weighted by Crippen LogP contribution is 2.19. The van der Waals surface area contributed by atoms with E-state index in [4.69, 9.17) is 5.73 Å². The van der Waals surface area contributed by atoms with E-state index in [1.165, 1.54) is 26.0 Å². The summed E-state index contributed by atoms with van der Waals surface area (Å²) in [4.78, 5) is 53.7. The number of carboxylic acids is 1. The Bertz CT molecular complexity index is 1370. The molecule has 6 atom stereocenters. The number of carboxylic acid groups (broad SMARTS) is 1. The van der Waals surface area contributed by atoms with Crippen molar-refractivity contribution >= 4 is 34.6 Å². The predicted octanol–water partition coefficient (Wildman–Crippen LogP) is -0.713. The number of benzene rings is 2. The number of H-pyrrole nitrogens is 1. The van der Waals surface area contributed by atoms with Gasteiger partial charge in [-0.05, 0) is 49.6 Å². The molecule has 0 spiro atoms. The first kappa shape index (κ1) is 31.1. The Kier molecular flexibility index (Phi) is 10.4. The summed E-state index contributed by atoms with van der Waals surface area (Å²) in [6.07, 6.45) is -1.22. The van der Waals surface area contributed by atoms with Crippen LogP contribution >= 0.6 is 0 Å². The van der Waals surface area contributed by atoms with Crippen molar-refractivity contribution in [3.8, 4) is 5.75 Å². The van der Waals surface area contributed by atoms with Crippen LogP contribution in [0.15, 0.2) is 54.7 Å². The number of nitrogens with one attached hydrogen (secondary N) is 4. The monoisotopic (exact) mass is 569 g/mol. The average Bonchev–Trinajstić information content (AvgIpc) is 3.33. The van der Waals surface area contributed by atoms with E-state index in [2.05, 4.69) is 20.9 Å². The number of hydrogen-bond acceptors (Lipinski definition) is 8. The summed E-state index contributed by atoms with van der Waals surface area (Å²) in [6.45, 7) is 2.47. The third-order valence-corrected chi connectivity index (χ3v) is 6.57. The van der Waals surface area contributed by atoms with E-state index >= 15 is 0 Å². The molecule has 10 N–H and O–H groups in total. The number of para-hydroxylation sites is 1. The molecule has 0 aliphatic heterocycles. The minimum absolute atomic E-state index is 0.0435. The zero-order valence-corrected chi connectivity index (χ0v) is 22.6. The van der Waals surface area contributed by atoms with Gasteiger partial charge in [0.05, 0.1) is 18.2 Å². The van der Waals surface area contributed by atoms with Crippen LogP contribution in [0.2, 0.25) is 0 Å². The van der Waals surface area contributed by atoms with Gasteiger partial charge in [0.1, 0.15) is 23.9 Å². The summed E-state index contributed by atoms with van der Waals surface area (Å²) in [5.74, 6) is -4.00. The number of aromatic nitrogens is 1. The third-order valence-electron chi connectivity index (χ3n) is 6.57. The molecule has 13 heteroatoms. The van der Waals surface area contributed by atoms with Gasteiger partial charge in [0.2, 0.25) is 17.7 Å². The molecule has 0 aliphatic carbocycles. The number of aromatic hydroxyl groups is 1. The van der Waals surface area contributed by atoms with Crippen LogP contribution in [0.25, 0.3) is 10.9 Å². The van der Waals surface area contributed by atoms with Gasteiger partial charge in [-0.15, -0.1) is 0 Å². The Labute approximate surface area is 235 Å². The van der Waals surface area contributed by atoms with Crippen LogP contribution < -0.4 is 21.7 Å². The number of aliphatic carboxylic acids is 1. The van der Waals surface area contributed by atoms with Crippen LogP contribution in [-0.4, -0.2) is 85.5 Å². The smallest absolute Gasteiger partial charge is 0.326 e. The molecule has 220 valence electrons. The minimum Gasteiger partial charge on any atom is -0.508 e. The van der Waals surface area contributed by atoms with E-state index < -0.39 is 60.1 Å². The zero-order valence-electron chi connectivity index (χ0n) is 22.6. The molecule has 0 saturated heterocycles. The van der Waals surface area contributed by atoms with Crippen LogP contribution in [0.3, 0.4) is 0 Å². The van der Waals surface area contributed by atoms with Crippen molar-refractivity contribution in [1.82, 2.24) is 20.9 Å². The van der Waals surface area contributed by atoms with E-state index in [-0.39, 0.29) is 18.6 Å². The number of hydrogen-bond donors (Lipinski definition) is 9. The lowest BCUT2D eigenvalue weighted by molar-refractivity contribution is -0.143. The number of carbonyl (C=O) groups excluding carboxylic acids is 3. The van der Waals surface area contributed by atoms with Crippen LogP contribution in [0.1, 0.15) is 25.0 Å². The predicted molar refractivity (Wildman–Crippen MR) is 149 cm³/mol. The van der Waals surface area contributed by atoms with Gasteiger partial charge in [0, 0.05) is 23.5 Å². The van der Waals surface area contributed by atoms with Gasteiger partial charge >= 0.3 is 5.97 Å². The Hall–Kier alpha value is -4.46. The highest BCUT2D eigenvalue weighted by Gasteiger charge is 2.34. The lowest BCUT2D eigenvalue weighted by Crippen LogP contribution is -2.62. The number of amides is 3. The number of aliphatic hydroxyl groups excluding tert-OH is 2. The number of phenolic OH excluding ortho intramolecular Hbond substituents is 1. The van der Waals surface area contributed by atoms with Crippen LogP contribution in [-0.2, 0) is 32.0 Å². The molecule has 0 bridgehead atoms. The Morgan fingerprint density at radius 2 is 1.39 bits per heavy atom. The van der Waals surface area contributed by atoms with Gasteiger partial charge in [-0.1, -0.05) is 30.3 Å². The maximum Gasteiger partial charge on any atom is 0.326 e. The molecule has 13 nitrogen and oxygen atoms in total. The highest BCUT2D eigenvalue weighted by molar-refractivity contribution is 5.95. The first-order valence-electron chi connectivity index (χ1n) is 13.0. The molecule has 3 amide bonds. The second-order valence-electron chi connectivity index (χ2n) is 9.89. The highest BCUT2D eigenvalue weighted by atomic mass is 16.4. The standard InChI is InChI=1S/C28H35N5O8/c1-14(34)23(26(38)31-22(28(40)41)12-17-13-30-21-6-4-3-5-19(17)21)33-27(39)24(15(2)35)32-25(37)20(29)11-16-7-9-18(36)10-8-16/h3-10,13-15,20,22-24,30,34-36H,11-12,29H2,1-2H3,(H,31,38)(H,32,37)(H,33,39)(H,40,41). The molecular formula is C28H35N5O8. The van der Waals surface area contributed by atoms with E-state index in [0.717, 1.165) is 10.9 Å². The van der Waals surface area contributed by atoms with Crippen LogP contribution in [0.5, 0.6) is 5.75 Å². The lowest BCUT2D eigenvalue weighted by Gasteiger charge is -2.27. The first-order chi connectivity index (χ1) is 19.4. The number of rotatable bonds is 13. The molecule has 2 aromatic carbocycles. The summed E-state index contributed by atoms with van der Waals surface area (Å²) < 4.78 is 0. The van der Waals surface area contributed by atoms with Crippen molar-refractivity contribution in [3.05, 3.63) is 65.9 Å². The molecule has 1 heterocycles. The van der Waals surface area contributed by atoms with Gasteiger partial charge in [0.25, 0.3) is 0 Å². The number of phenols is 1. The summed E-state index contributed by atoms with van der Waals surface area (Å²) in [7, 11) is 0. The Morgan fingerprint density at radius 1 is 0.829 bits per heavy atom. The fourth-order valence-electron chi connectivity index (χ4n) is 4.27. The van der Waals surface area contributed by atoms with Crippen LogP contribution in [0, 0.1) is 0 Å². The van der Waals surface area contributed by atoms with Crippen molar-refractivity contribution < 1.29 is 39.6 Å². The molecule has 0 fully saturated rings. The van der Waals surface area contributed by atoms with Crippen molar-refractivity contribution in [2.45, 2.75) is 63.1 Å². The minimum atomic E-state index is -1.60. The summed E-state index contributed by atoms with van der Waals surface area (Å²) in [5, 5.41) is 47.3. The van der Waals surface area contributed by atoms with Crippen LogP contribution in [0.4, 0.5) is 0 Å². The molecule has 0 aliphatic rings. The largest absolute Gasteiger partial charge is 0.508 e. The third kappa shape index (κ3) is 8.27. The number of fused-ring (bicyclic) bond motifs is 1. The summed E-state index contributed by atoms with van der Waals surface area (Å²) in [6, 6.07) is 7.64. The lowest BCUT2D eigenvalue weighted by atomic mass is 10.0. The summed E-state index contributed by atoms with van der Waals surface area (Å²) in [5.41, 5.74) is 8.04. The van der Waals surface area contributed by atoms with Crippen molar-refractivity contribution in [3.63, 3.8) is 0 Å². The van der Waals surface area contributed by atoms with Gasteiger partial charge in [-0.25, -0.2) is 4.79 Å². The fourth-order valence-corrected chi connectivity index (χ4v) is 4.27. The normalized spacial score (nSPS) is 15.6. The topological polar surface area (TPSA) is 227 Å². The summed E-state index contributed by atoms with van der Waals surface area (Å²) >= 11 is 0. The molecule has 0 saturated carbocycles. The zero-order chi connectivity index (χ0) is 30.3. The number of aliphatic hydroxyl groups is 2. The van der Waals surface area contributed by atoms with Gasteiger partial charge in [-0.2, -0.15) is 0 Å². The first-order valence-corrected chi connectivity index (χ1v) is 13.0. The Balaban J connectivity index is 1.67. The van der Waals surface area contributed by atoms with Crippen molar-refractivity contribution in [1.29, 1.82) is 0 Å². The van der Waals surface area contributed by atoms with E-state index in [0.29, 0.717) is 11.1 Å². The molecule has 6 unspecified atom stereocenters. The Morgan fingerprint density at radius 3 is 1.98 bits per heavy atom. The van der Waals surface area contributed by atoms with Gasteiger partial charge in [-0.3, -0.25) is 14.4 Å². The quantitative estimate of drug-likeness (QED) is 0.126. The molecule has 41 heavy (non-hydrogen) atoms. The number of carbonyl (C=O) groups is 4. The van der Waals surface area contributed by atoms with Gasteiger partial charge in [0.15, 0.2) is 0 Å². The van der Waals surface area contributed by atoms with Crippen molar-refractivity contribution in [2.24, 2.45) is 5.73 Å². The van der Waals surface area contributed by atoms with Gasteiger partial charge < -0.3 is 47.1 Å². The molecule has 0 radical (unpaired) electrons. The second kappa shape index (κ2) is 13.7. The molecule has 1 aromatic heterocycles. The average molecular weight is 570 g/mol. The maximum absolute atomic E-state index is 13.0. The van der Waals surface area contributed by atoms with E-state index in [1.807, 2.05) is 18.2 Å². The number of aromatic amines is 1. The molecule has 3 aromatic rings. The van der Waals surface area contributed by atoms with E-state index in [1.54, 1.807) is 24.4 Å². The molecule has 3 rings (SSSR count). The van der Waals surface area contributed by atoms with E-state index in [9.17, 15) is 39.6 Å². The maximum atomic E-state index is 13.0. The number of nitrogens with two attached hydrogens (primary N) is 1. The second-order valence-corrected chi connectivity index (χ2v) is 9.89. The van der Waals surface area contributed by atoms with Crippen molar-refractivity contribution in [2.75, 3.05) is 0 Å². The fraction of sp³-hybridized carbons (Fsp3) is 0.357.